The van der Waals surface area contributed by atoms with Gasteiger partial charge in [0.05, 0.1) is 18.2 Å². The molecule has 2 aliphatic heterocycles. The molecule has 2 N–H and O–H groups in total. The van der Waals surface area contributed by atoms with Crippen molar-refractivity contribution in [2.24, 2.45) is 0 Å². The molecule has 3 aromatic rings. The van der Waals surface area contributed by atoms with Crippen molar-refractivity contribution in [3.63, 3.8) is 0 Å². The van der Waals surface area contributed by atoms with Gasteiger partial charge in [-0.15, -0.1) is 0 Å². The highest BCUT2D eigenvalue weighted by Gasteiger charge is 2.38. The second kappa shape index (κ2) is 6.79. The van der Waals surface area contributed by atoms with Crippen LogP contribution in [-0.4, -0.2) is 52.8 Å². The number of benzene rings is 2. The Morgan fingerprint density at radius 2 is 1.93 bits per heavy atom. The number of rotatable bonds is 3. The summed E-state index contributed by atoms with van der Waals surface area (Å²) >= 11 is 0. The predicted octanol–water partition coefficient (Wildman–Crippen LogP) is 2.51. The van der Waals surface area contributed by atoms with Gasteiger partial charge < -0.3 is 10.1 Å². The molecule has 27 heavy (non-hydrogen) atoms. The number of hydrogen-bond donors (Lipinski definition) is 2. The van der Waals surface area contributed by atoms with E-state index in [0.29, 0.717) is 18.3 Å². The van der Waals surface area contributed by atoms with Gasteiger partial charge in [0.1, 0.15) is 0 Å². The Labute approximate surface area is 157 Å². The van der Waals surface area contributed by atoms with Gasteiger partial charge in [-0.3, -0.25) is 14.8 Å². The normalized spacial score (nSPS) is 25.4. The first kappa shape index (κ1) is 16.5. The average Bonchev–Trinajstić information content (AvgIpc) is 3.31. The van der Waals surface area contributed by atoms with Crippen molar-refractivity contribution < 1.29 is 9.53 Å². The van der Waals surface area contributed by atoms with E-state index in [4.69, 9.17) is 4.74 Å². The molecular formula is C21H22N4O2. The third-order valence-corrected chi connectivity index (χ3v) is 5.61. The smallest absolute Gasteiger partial charge is 0.272 e. The maximum atomic E-state index is 12.7. The van der Waals surface area contributed by atoms with Crippen LogP contribution in [0.2, 0.25) is 0 Å². The molecule has 0 unspecified atom stereocenters. The zero-order valence-electron chi connectivity index (χ0n) is 15.0. The molecule has 6 nitrogen and oxygen atoms in total. The van der Waals surface area contributed by atoms with Crippen LogP contribution in [0.3, 0.4) is 0 Å². The highest BCUT2D eigenvalue weighted by atomic mass is 16.5. The van der Waals surface area contributed by atoms with Crippen LogP contribution >= 0.6 is 0 Å². The molecule has 0 aliphatic carbocycles. The summed E-state index contributed by atoms with van der Waals surface area (Å²) in [6.45, 7) is 2.43. The summed E-state index contributed by atoms with van der Waals surface area (Å²) in [5.74, 6) is -0.113. The number of nitrogens with zero attached hydrogens (tertiary/aromatic N) is 2. The molecule has 3 heterocycles. The molecule has 0 radical (unpaired) electrons. The van der Waals surface area contributed by atoms with Crippen molar-refractivity contribution in [2.75, 3.05) is 19.7 Å². The number of nitrogens with one attached hydrogen (secondary N) is 2. The van der Waals surface area contributed by atoms with Crippen molar-refractivity contribution in [3.8, 4) is 0 Å². The van der Waals surface area contributed by atoms with E-state index < -0.39 is 0 Å². The summed E-state index contributed by atoms with van der Waals surface area (Å²) in [6, 6.07) is 18.5. The van der Waals surface area contributed by atoms with Gasteiger partial charge in [0.2, 0.25) is 0 Å². The molecule has 2 fully saturated rings. The zero-order valence-corrected chi connectivity index (χ0v) is 15.0. The third-order valence-electron chi connectivity index (χ3n) is 5.61. The van der Waals surface area contributed by atoms with Crippen LogP contribution in [-0.2, 0) is 4.74 Å². The number of morpholine rings is 1. The maximum Gasteiger partial charge on any atom is 0.272 e. The van der Waals surface area contributed by atoms with Crippen molar-refractivity contribution in [2.45, 2.75) is 24.6 Å². The summed E-state index contributed by atoms with van der Waals surface area (Å²) in [7, 11) is 0. The number of carbonyl (C=O) groups is 1. The molecule has 6 heteroatoms. The van der Waals surface area contributed by atoms with Gasteiger partial charge in [0, 0.05) is 30.6 Å². The van der Waals surface area contributed by atoms with Gasteiger partial charge in [-0.2, -0.15) is 5.10 Å². The lowest BCUT2D eigenvalue weighted by atomic mass is 10.1. The Morgan fingerprint density at radius 1 is 1.11 bits per heavy atom. The summed E-state index contributed by atoms with van der Waals surface area (Å²) in [5, 5.41) is 11.2. The van der Waals surface area contributed by atoms with Crippen LogP contribution < -0.4 is 5.32 Å². The van der Waals surface area contributed by atoms with Crippen molar-refractivity contribution >= 4 is 16.8 Å². The topological polar surface area (TPSA) is 70.2 Å². The number of amides is 1. The van der Waals surface area contributed by atoms with Gasteiger partial charge >= 0.3 is 0 Å². The molecule has 5 rings (SSSR count). The number of ether oxygens (including phenoxy) is 1. The van der Waals surface area contributed by atoms with E-state index >= 15 is 0 Å². The van der Waals surface area contributed by atoms with E-state index in [9.17, 15) is 4.79 Å². The summed E-state index contributed by atoms with van der Waals surface area (Å²) in [4.78, 5) is 15.2. The number of fused-ring (bicyclic) bond motifs is 2. The number of hydrogen-bond acceptors (Lipinski definition) is 4. The number of aromatic amines is 1. The molecule has 0 spiro atoms. The molecule has 138 valence electrons. The maximum absolute atomic E-state index is 12.7. The van der Waals surface area contributed by atoms with Crippen molar-refractivity contribution in [1.29, 1.82) is 0 Å². The Balaban J connectivity index is 1.25. The van der Waals surface area contributed by atoms with Gasteiger partial charge in [0.25, 0.3) is 5.91 Å². The van der Waals surface area contributed by atoms with Crippen LogP contribution in [0.15, 0.2) is 54.6 Å². The number of aromatic nitrogens is 2. The van der Waals surface area contributed by atoms with E-state index in [2.05, 4.69) is 32.5 Å². The molecule has 3 atom stereocenters. The molecule has 0 bridgehead atoms. The first-order valence-corrected chi connectivity index (χ1v) is 9.42. The fraction of sp³-hybridized carbons (Fsp3) is 0.333. The Hall–Kier alpha value is -2.70. The van der Waals surface area contributed by atoms with Crippen molar-refractivity contribution in [3.05, 3.63) is 65.9 Å². The molecule has 2 saturated heterocycles. The number of para-hydroxylation sites is 1. The first-order valence-electron chi connectivity index (χ1n) is 9.42. The average molecular weight is 362 g/mol. The van der Waals surface area contributed by atoms with Gasteiger partial charge in [0.15, 0.2) is 5.69 Å². The Morgan fingerprint density at radius 3 is 2.81 bits per heavy atom. The lowest BCUT2D eigenvalue weighted by molar-refractivity contribution is -0.0502. The van der Waals surface area contributed by atoms with E-state index in [0.717, 1.165) is 30.4 Å². The van der Waals surface area contributed by atoms with Gasteiger partial charge in [-0.25, -0.2) is 0 Å². The van der Waals surface area contributed by atoms with Crippen LogP contribution in [0.25, 0.3) is 10.9 Å². The lowest BCUT2D eigenvalue weighted by Gasteiger charge is -2.35. The summed E-state index contributed by atoms with van der Waals surface area (Å²) < 4.78 is 6.09. The largest absolute Gasteiger partial charge is 0.371 e. The molecule has 0 saturated carbocycles. The minimum atomic E-state index is -0.113. The standard InChI is InChI=1S/C21H22N4O2/c26-21(20-17-8-4-5-9-18(17)23-24-20)22-15-10-16-13-27-19(12-25(16)11-15)14-6-2-1-3-7-14/h1-9,15-16,19H,10-13H2,(H,22,26)(H,23,24)/t15-,16+,19-/m1/s1. The summed E-state index contributed by atoms with van der Waals surface area (Å²) in [6.07, 6.45) is 1.02. The van der Waals surface area contributed by atoms with Crippen molar-refractivity contribution in [1.82, 2.24) is 20.4 Å². The fourth-order valence-electron chi connectivity index (χ4n) is 4.24. The van der Waals surface area contributed by atoms with E-state index in [1.807, 2.05) is 42.5 Å². The molecule has 2 aliphatic rings. The minimum Gasteiger partial charge on any atom is -0.371 e. The van der Waals surface area contributed by atoms with Crippen LogP contribution in [0.5, 0.6) is 0 Å². The second-order valence-electron chi connectivity index (χ2n) is 7.36. The quantitative estimate of drug-likeness (QED) is 0.751. The minimum absolute atomic E-state index is 0.104. The fourth-order valence-corrected chi connectivity index (χ4v) is 4.24. The number of H-pyrrole nitrogens is 1. The number of carbonyl (C=O) groups excluding carboxylic acids is 1. The van der Waals surface area contributed by atoms with E-state index in [1.165, 1.54) is 5.56 Å². The highest BCUT2D eigenvalue weighted by molar-refractivity contribution is 6.04. The zero-order chi connectivity index (χ0) is 18.2. The van der Waals surface area contributed by atoms with E-state index in [-0.39, 0.29) is 18.1 Å². The third kappa shape index (κ3) is 3.11. The van der Waals surface area contributed by atoms with Crippen LogP contribution in [0.1, 0.15) is 28.6 Å². The van der Waals surface area contributed by atoms with Crippen LogP contribution in [0.4, 0.5) is 0 Å². The van der Waals surface area contributed by atoms with Crippen LogP contribution in [0, 0.1) is 0 Å². The summed E-state index contributed by atoms with van der Waals surface area (Å²) in [5.41, 5.74) is 2.56. The second-order valence-corrected chi connectivity index (χ2v) is 7.36. The Kier molecular flexibility index (Phi) is 4.14. The monoisotopic (exact) mass is 362 g/mol. The molecule has 1 amide bonds. The SMILES string of the molecule is O=C(N[C@@H]1C[C@H]2CO[C@@H](c3ccccc3)CN2C1)c1n[nH]c2ccccc12. The lowest BCUT2D eigenvalue weighted by Crippen LogP contribution is -2.43. The van der Waals surface area contributed by atoms with Gasteiger partial charge in [-0.05, 0) is 18.1 Å². The highest BCUT2D eigenvalue weighted by Crippen LogP contribution is 2.30. The first-order chi connectivity index (χ1) is 13.3. The predicted molar refractivity (Wildman–Crippen MR) is 102 cm³/mol. The Bertz CT molecular complexity index is 955. The van der Waals surface area contributed by atoms with E-state index in [1.54, 1.807) is 0 Å². The molecule has 2 aromatic carbocycles. The molecular weight excluding hydrogens is 340 g/mol. The van der Waals surface area contributed by atoms with Gasteiger partial charge in [-0.1, -0.05) is 48.5 Å². The molecule has 1 aromatic heterocycles.